The number of phenols is 1. The third kappa shape index (κ3) is 3.38. The van der Waals surface area contributed by atoms with Crippen LogP contribution in [0.4, 0.5) is 4.39 Å². The Kier molecular flexibility index (Phi) is 4.52. The van der Waals surface area contributed by atoms with Gasteiger partial charge >= 0.3 is 5.97 Å². The molecule has 0 aromatic heterocycles. The molecular formula is C19H15FO5. The third-order valence-electron chi connectivity index (χ3n) is 3.95. The molecule has 0 bridgehead atoms. The van der Waals surface area contributed by atoms with Crippen LogP contribution in [0.2, 0.25) is 0 Å². The molecule has 25 heavy (non-hydrogen) atoms. The lowest BCUT2D eigenvalue weighted by Gasteiger charge is -2.08. The molecule has 2 aromatic rings. The predicted octanol–water partition coefficient (Wildman–Crippen LogP) is 3.21. The van der Waals surface area contributed by atoms with Crippen LogP contribution in [0.1, 0.15) is 27.9 Å². The standard InChI is InChI=1S/C19H15FO5/c20-18-14-10-12(19(24)13(14)5-6-15(18)21)9-11-3-1-2-4-16(11)25-8-7-17(22)23/h1-6,9,21H,7-8,10H2,(H,22,23)/b12-9-. The molecule has 128 valence electrons. The number of ketones is 1. The van der Waals surface area contributed by atoms with Crippen molar-refractivity contribution in [1.82, 2.24) is 0 Å². The van der Waals surface area contributed by atoms with Crippen LogP contribution >= 0.6 is 0 Å². The number of rotatable bonds is 5. The molecule has 3 rings (SSSR count). The SMILES string of the molecule is O=C(O)CCOc1ccccc1/C=C1/Cc2c(ccc(O)c2F)C1=O. The molecular weight excluding hydrogens is 327 g/mol. The smallest absolute Gasteiger partial charge is 0.306 e. The van der Waals surface area contributed by atoms with Gasteiger partial charge in [0.25, 0.3) is 0 Å². The number of para-hydroxylation sites is 1. The fraction of sp³-hybridized carbons (Fsp3) is 0.158. The van der Waals surface area contributed by atoms with Crippen LogP contribution in [0.25, 0.3) is 6.08 Å². The molecule has 0 spiro atoms. The number of fused-ring (bicyclic) bond motifs is 1. The monoisotopic (exact) mass is 342 g/mol. The first-order chi connectivity index (χ1) is 12.0. The van der Waals surface area contributed by atoms with Crippen LogP contribution in [0.15, 0.2) is 42.0 Å². The number of allylic oxidation sites excluding steroid dienone is 1. The molecule has 2 aromatic carbocycles. The van der Waals surface area contributed by atoms with E-state index in [4.69, 9.17) is 9.84 Å². The maximum absolute atomic E-state index is 14.0. The Morgan fingerprint density at radius 3 is 2.76 bits per heavy atom. The second-order valence-corrected chi connectivity index (χ2v) is 5.63. The highest BCUT2D eigenvalue weighted by molar-refractivity contribution is 6.15. The van der Waals surface area contributed by atoms with Crippen LogP contribution in [-0.4, -0.2) is 28.6 Å². The van der Waals surface area contributed by atoms with E-state index in [0.717, 1.165) is 6.07 Å². The lowest BCUT2D eigenvalue weighted by Crippen LogP contribution is -2.05. The summed E-state index contributed by atoms with van der Waals surface area (Å²) >= 11 is 0. The Hall–Kier alpha value is -3.15. The van der Waals surface area contributed by atoms with Crippen LogP contribution in [0.5, 0.6) is 11.5 Å². The van der Waals surface area contributed by atoms with E-state index in [1.807, 2.05) is 0 Å². The van der Waals surface area contributed by atoms with Crippen molar-refractivity contribution < 1.29 is 28.9 Å². The number of carboxylic acids is 1. The fourth-order valence-corrected chi connectivity index (χ4v) is 2.72. The van der Waals surface area contributed by atoms with Gasteiger partial charge in [-0.1, -0.05) is 18.2 Å². The summed E-state index contributed by atoms with van der Waals surface area (Å²) in [5.74, 6) is -2.07. The second-order valence-electron chi connectivity index (χ2n) is 5.63. The van der Waals surface area contributed by atoms with Crippen LogP contribution in [-0.2, 0) is 11.2 Å². The average Bonchev–Trinajstić information content (AvgIpc) is 2.89. The largest absolute Gasteiger partial charge is 0.505 e. The Labute approximate surface area is 143 Å². The van der Waals surface area contributed by atoms with Gasteiger partial charge < -0.3 is 14.9 Å². The summed E-state index contributed by atoms with van der Waals surface area (Å²) in [6.45, 7) is 0.00614. The van der Waals surface area contributed by atoms with Gasteiger partial charge in [-0.15, -0.1) is 0 Å². The molecule has 0 radical (unpaired) electrons. The number of benzene rings is 2. The molecule has 0 atom stereocenters. The number of aromatic hydroxyl groups is 1. The number of carbonyl (C=O) groups is 2. The van der Waals surface area contributed by atoms with E-state index in [1.54, 1.807) is 30.3 Å². The summed E-state index contributed by atoms with van der Waals surface area (Å²) < 4.78 is 19.5. The zero-order valence-corrected chi connectivity index (χ0v) is 13.2. The molecule has 2 N–H and O–H groups in total. The zero-order chi connectivity index (χ0) is 18.0. The van der Waals surface area contributed by atoms with E-state index < -0.39 is 17.5 Å². The maximum atomic E-state index is 14.0. The number of carboxylic acid groups (broad SMARTS) is 1. The van der Waals surface area contributed by atoms with E-state index >= 15 is 0 Å². The fourth-order valence-electron chi connectivity index (χ4n) is 2.72. The van der Waals surface area contributed by atoms with Crippen LogP contribution in [0, 0.1) is 5.82 Å². The summed E-state index contributed by atoms with van der Waals surface area (Å²) in [4.78, 5) is 23.0. The van der Waals surface area contributed by atoms with Crippen LogP contribution in [0.3, 0.4) is 0 Å². The summed E-state index contributed by atoms with van der Waals surface area (Å²) in [6.07, 6.45) is 1.55. The first kappa shape index (κ1) is 16.7. The van der Waals surface area contributed by atoms with Gasteiger partial charge in [0, 0.05) is 28.7 Å². The predicted molar refractivity (Wildman–Crippen MR) is 88.3 cm³/mol. The highest BCUT2D eigenvalue weighted by atomic mass is 19.1. The third-order valence-corrected chi connectivity index (χ3v) is 3.95. The van der Waals surface area contributed by atoms with Gasteiger partial charge in [0.2, 0.25) is 0 Å². The number of halogens is 1. The van der Waals surface area contributed by atoms with Crippen molar-refractivity contribution in [1.29, 1.82) is 0 Å². The van der Waals surface area contributed by atoms with E-state index in [1.165, 1.54) is 6.07 Å². The lowest BCUT2D eigenvalue weighted by molar-refractivity contribution is -0.137. The van der Waals surface area contributed by atoms with E-state index in [0.29, 0.717) is 16.9 Å². The minimum Gasteiger partial charge on any atom is -0.505 e. The van der Waals surface area contributed by atoms with Gasteiger partial charge in [-0.3, -0.25) is 9.59 Å². The number of hydrogen-bond acceptors (Lipinski definition) is 4. The van der Waals surface area contributed by atoms with Gasteiger partial charge in [0.05, 0.1) is 13.0 Å². The van der Waals surface area contributed by atoms with Gasteiger partial charge in [-0.05, 0) is 24.3 Å². The molecule has 6 heteroatoms. The molecule has 1 aliphatic carbocycles. The molecule has 0 saturated heterocycles. The summed E-state index contributed by atoms with van der Waals surface area (Å²) in [5.41, 5.74) is 1.41. The molecule has 0 fully saturated rings. The highest BCUT2D eigenvalue weighted by Crippen LogP contribution is 2.34. The van der Waals surface area contributed by atoms with Gasteiger partial charge in [-0.25, -0.2) is 4.39 Å². The zero-order valence-electron chi connectivity index (χ0n) is 13.2. The van der Waals surface area contributed by atoms with Crippen molar-refractivity contribution in [3.63, 3.8) is 0 Å². The molecule has 0 saturated carbocycles. The van der Waals surface area contributed by atoms with Gasteiger partial charge in [-0.2, -0.15) is 0 Å². The van der Waals surface area contributed by atoms with Crippen molar-refractivity contribution in [2.24, 2.45) is 0 Å². The Balaban J connectivity index is 1.88. The first-order valence-corrected chi connectivity index (χ1v) is 7.66. The minimum absolute atomic E-state index is 0.00614. The number of ether oxygens (including phenoxy) is 1. The van der Waals surface area contributed by atoms with E-state index in [-0.39, 0.29) is 36.4 Å². The molecule has 5 nitrogen and oxygen atoms in total. The van der Waals surface area contributed by atoms with Crippen molar-refractivity contribution in [3.05, 3.63) is 64.5 Å². The Morgan fingerprint density at radius 2 is 2.00 bits per heavy atom. The molecule has 0 unspecified atom stereocenters. The molecule has 0 heterocycles. The number of carbonyl (C=O) groups excluding carboxylic acids is 1. The van der Waals surface area contributed by atoms with Crippen molar-refractivity contribution in [2.45, 2.75) is 12.8 Å². The Morgan fingerprint density at radius 1 is 1.24 bits per heavy atom. The number of aliphatic carboxylic acids is 1. The van der Waals surface area contributed by atoms with Crippen molar-refractivity contribution in [3.8, 4) is 11.5 Å². The topological polar surface area (TPSA) is 83.8 Å². The second kappa shape index (κ2) is 6.76. The van der Waals surface area contributed by atoms with E-state index in [9.17, 15) is 19.1 Å². The van der Waals surface area contributed by atoms with Crippen LogP contribution < -0.4 is 4.74 Å². The first-order valence-electron chi connectivity index (χ1n) is 7.66. The summed E-state index contributed by atoms with van der Waals surface area (Å²) in [6, 6.07) is 9.47. The highest BCUT2D eigenvalue weighted by Gasteiger charge is 2.29. The van der Waals surface area contributed by atoms with Gasteiger partial charge in [0.15, 0.2) is 17.3 Å². The van der Waals surface area contributed by atoms with Crippen molar-refractivity contribution in [2.75, 3.05) is 6.61 Å². The van der Waals surface area contributed by atoms with Crippen molar-refractivity contribution >= 4 is 17.8 Å². The number of Topliss-reactive ketones (excluding diaryl/α,β-unsaturated/α-hetero) is 1. The van der Waals surface area contributed by atoms with Gasteiger partial charge in [0.1, 0.15) is 5.75 Å². The molecule has 0 amide bonds. The summed E-state index contributed by atoms with van der Waals surface area (Å²) in [5, 5.41) is 18.1. The molecule has 0 aliphatic heterocycles. The normalized spacial score (nSPS) is 14.6. The van der Waals surface area contributed by atoms with E-state index in [2.05, 4.69) is 0 Å². The number of hydrogen-bond donors (Lipinski definition) is 2. The quantitative estimate of drug-likeness (QED) is 0.815. The molecule has 1 aliphatic rings. The Bertz CT molecular complexity index is 885. The lowest BCUT2D eigenvalue weighted by atomic mass is 10.1. The minimum atomic E-state index is -0.965. The number of phenolic OH excluding ortho intramolecular Hbond substituents is 1. The summed E-state index contributed by atoms with van der Waals surface area (Å²) in [7, 11) is 0. The maximum Gasteiger partial charge on any atom is 0.306 e. The average molecular weight is 342 g/mol.